The SMILES string of the molecule is Cc1ccccc1N(c1ccccc1-c1ccccc1)C(C)(C)C. The molecule has 0 saturated heterocycles. The Kier molecular flexibility index (Phi) is 4.44. The quantitative estimate of drug-likeness (QED) is 0.526. The largest absolute Gasteiger partial charge is 0.335 e. The molecule has 0 N–H and O–H groups in total. The summed E-state index contributed by atoms with van der Waals surface area (Å²) in [5.74, 6) is 0. The van der Waals surface area contributed by atoms with E-state index in [-0.39, 0.29) is 5.54 Å². The molecule has 3 aromatic carbocycles. The first-order valence-electron chi connectivity index (χ1n) is 8.49. The van der Waals surface area contributed by atoms with Crippen LogP contribution in [0.15, 0.2) is 78.9 Å². The Bertz CT molecular complexity index is 813. The summed E-state index contributed by atoms with van der Waals surface area (Å²) in [5.41, 5.74) is 6.26. The molecule has 0 bridgehead atoms. The second kappa shape index (κ2) is 6.52. The molecule has 0 amide bonds. The lowest BCUT2D eigenvalue weighted by Gasteiger charge is -2.40. The highest BCUT2D eigenvalue weighted by atomic mass is 15.2. The second-order valence-electron chi connectivity index (χ2n) is 7.18. The Balaban J connectivity index is 2.23. The van der Waals surface area contributed by atoms with Crippen LogP contribution < -0.4 is 4.90 Å². The van der Waals surface area contributed by atoms with Crippen LogP contribution in [0, 0.1) is 6.92 Å². The van der Waals surface area contributed by atoms with Gasteiger partial charge in [0.15, 0.2) is 0 Å². The smallest absolute Gasteiger partial charge is 0.0495 e. The number of aryl methyl sites for hydroxylation is 1. The molecule has 0 fully saturated rings. The molecule has 1 heteroatoms. The molecule has 3 rings (SSSR count). The predicted molar refractivity (Wildman–Crippen MR) is 105 cm³/mol. The number of hydrogen-bond acceptors (Lipinski definition) is 1. The molecule has 1 nitrogen and oxygen atoms in total. The maximum atomic E-state index is 2.45. The highest BCUT2D eigenvalue weighted by Gasteiger charge is 2.26. The van der Waals surface area contributed by atoms with Crippen LogP contribution in [0.5, 0.6) is 0 Å². The Labute approximate surface area is 145 Å². The predicted octanol–water partition coefficient (Wildman–Crippen LogP) is 6.60. The molecular formula is C23H25N. The summed E-state index contributed by atoms with van der Waals surface area (Å²) in [5, 5.41) is 0. The minimum Gasteiger partial charge on any atom is -0.335 e. The molecular weight excluding hydrogens is 290 g/mol. The van der Waals surface area contributed by atoms with E-state index in [1.807, 2.05) is 0 Å². The summed E-state index contributed by atoms with van der Waals surface area (Å²) in [6.07, 6.45) is 0. The Hall–Kier alpha value is -2.54. The Morgan fingerprint density at radius 3 is 1.79 bits per heavy atom. The number of anilines is 2. The van der Waals surface area contributed by atoms with E-state index in [2.05, 4.69) is 111 Å². The zero-order valence-corrected chi connectivity index (χ0v) is 15.0. The molecule has 3 aromatic rings. The zero-order chi connectivity index (χ0) is 17.2. The third kappa shape index (κ3) is 3.21. The van der Waals surface area contributed by atoms with Crippen LogP contribution in [0.25, 0.3) is 11.1 Å². The van der Waals surface area contributed by atoms with Gasteiger partial charge in [-0.05, 0) is 51.0 Å². The van der Waals surface area contributed by atoms with E-state index in [1.165, 1.54) is 28.1 Å². The van der Waals surface area contributed by atoms with Gasteiger partial charge in [0.2, 0.25) is 0 Å². The van der Waals surface area contributed by atoms with Crippen molar-refractivity contribution in [1.29, 1.82) is 0 Å². The van der Waals surface area contributed by atoms with Gasteiger partial charge in [-0.25, -0.2) is 0 Å². The molecule has 0 atom stereocenters. The van der Waals surface area contributed by atoms with Crippen molar-refractivity contribution in [3.63, 3.8) is 0 Å². The number of hydrogen-bond donors (Lipinski definition) is 0. The Morgan fingerprint density at radius 1 is 0.625 bits per heavy atom. The van der Waals surface area contributed by atoms with Crippen molar-refractivity contribution < 1.29 is 0 Å². The molecule has 0 heterocycles. The van der Waals surface area contributed by atoms with E-state index >= 15 is 0 Å². The fourth-order valence-corrected chi connectivity index (χ4v) is 3.20. The number of nitrogens with zero attached hydrogens (tertiary/aromatic N) is 1. The van der Waals surface area contributed by atoms with Crippen LogP contribution >= 0.6 is 0 Å². The monoisotopic (exact) mass is 315 g/mol. The lowest BCUT2D eigenvalue weighted by molar-refractivity contribution is 0.560. The molecule has 122 valence electrons. The summed E-state index contributed by atoms with van der Waals surface area (Å²) in [7, 11) is 0. The van der Waals surface area contributed by atoms with Gasteiger partial charge in [0, 0.05) is 22.5 Å². The van der Waals surface area contributed by atoms with Crippen molar-refractivity contribution in [2.75, 3.05) is 4.90 Å². The van der Waals surface area contributed by atoms with E-state index in [9.17, 15) is 0 Å². The van der Waals surface area contributed by atoms with Crippen LogP contribution in [-0.2, 0) is 0 Å². The summed E-state index contributed by atoms with van der Waals surface area (Å²) in [4.78, 5) is 2.45. The van der Waals surface area contributed by atoms with Crippen molar-refractivity contribution in [1.82, 2.24) is 0 Å². The Morgan fingerprint density at radius 2 is 1.17 bits per heavy atom. The van der Waals surface area contributed by atoms with Gasteiger partial charge >= 0.3 is 0 Å². The normalized spacial score (nSPS) is 11.3. The fourth-order valence-electron chi connectivity index (χ4n) is 3.20. The third-order valence-corrected chi connectivity index (χ3v) is 4.26. The van der Waals surface area contributed by atoms with E-state index in [0.29, 0.717) is 0 Å². The maximum Gasteiger partial charge on any atom is 0.0495 e. The molecule has 0 radical (unpaired) electrons. The first kappa shape index (κ1) is 16.3. The van der Waals surface area contributed by atoms with Crippen molar-refractivity contribution in [3.05, 3.63) is 84.4 Å². The average molecular weight is 315 g/mol. The molecule has 0 unspecified atom stereocenters. The van der Waals surface area contributed by atoms with Crippen LogP contribution in [-0.4, -0.2) is 5.54 Å². The van der Waals surface area contributed by atoms with Crippen LogP contribution in [0.1, 0.15) is 26.3 Å². The lowest BCUT2D eigenvalue weighted by Crippen LogP contribution is -2.38. The standard InChI is InChI=1S/C23H25N/c1-18-12-8-10-16-21(18)24(23(2,3)4)22-17-11-9-15-20(22)19-13-6-5-7-14-19/h5-17H,1-4H3. The zero-order valence-electron chi connectivity index (χ0n) is 15.0. The molecule has 0 aliphatic heterocycles. The third-order valence-electron chi connectivity index (χ3n) is 4.26. The van der Waals surface area contributed by atoms with Crippen LogP contribution in [0.2, 0.25) is 0 Å². The van der Waals surface area contributed by atoms with Gasteiger partial charge in [-0.15, -0.1) is 0 Å². The van der Waals surface area contributed by atoms with E-state index in [4.69, 9.17) is 0 Å². The van der Waals surface area contributed by atoms with E-state index in [1.54, 1.807) is 0 Å². The number of para-hydroxylation sites is 2. The summed E-state index contributed by atoms with van der Waals surface area (Å²) >= 11 is 0. The average Bonchev–Trinajstić information content (AvgIpc) is 2.57. The molecule has 0 saturated carbocycles. The van der Waals surface area contributed by atoms with Crippen molar-refractivity contribution >= 4 is 11.4 Å². The van der Waals surface area contributed by atoms with Gasteiger partial charge in [0.25, 0.3) is 0 Å². The maximum absolute atomic E-state index is 2.45. The van der Waals surface area contributed by atoms with Gasteiger partial charge in [0.05, 0.1) is 0 Å². The van der Waals surface area contributed by atoms with Gasteiger partial charge < -0.3 is 4.90 Å². The minimum atomic E-state index is -0.0308. The van der Waals surface area contributed by atoms with Crippen molar-refractivity contribution in [3.8, 4) is 11.1 Å². The lowest BCUT2D eigenvalue weighted by atomic mass is 9.96. The van der Waals surface area contributed by atoms with Gasteiger partial charge in [-0.2, -0.15) is 0 Å². The van der Waals surface area contributed by atoms with E-state index < -0.39 is 0 Å². The highest BCUT2D eigenvalue weighted by Crippen LogP contribution is 2.40. The molecule has 24 heavy (non-hydrogen) atoms. The number of benzene rings is 3. The topological polar surface area (TPSA) is 3.24 Å². The van der Waals surface area contributed by atoms with Crippen molar-refractivity contribution in [2.45, 2.75) is 33.2 Å². The first-order valence-corrected chi connectivity index (χ1v) is 8.49. The molecule has 0 aliphatic carbocycles. The van der Waals surface area contributed by atoms with Gasteiger partial charge in [-0.1, -0.05) is 66.7 Å². The summed E-state index contributed by atoms with van der Waals surface area (Å²) in [6.45, 7) is 8.98. The van der Waals surface area contributed by atoms with E-state index in [0.717, 1.165) is 0 Å². The first-order chi connectivity index (χ1) is 11.5. The van der Waals surface area contributed by atoms with Gasteiger partial charge in [-0.3, -0.25) is 0 Å². The minimum absolute atomic E-state index is 0.0308. The van der Waals surface area contributed by atoms with Gasteiger partial charge in [0.1, 0.15) is 0 Å². The highest BCUT2D eigenvalue weighted by molar-refractivity contribution is 5.83. The van der Waals surface area contributed by atoms with Crippen LogP contribution in [0.3, 0.4) is 0 Å². The molecule has 0 spiro atoms. The molecule has 0 aromatic heterocycles. The molecule has 0 aliphatic rings. The summed E-state index contributed by atoms with van der Waals surface area (Å²) in [6, 6.07) is 27.9. The second-order valence-corrected chi connectivity index (χ2v) is 7.18. The summed E-state index contributed by atoms with van der Waals surface area (Å²) < 4.78 is 0. The van der Waals surface area contributed by atoms with Crippen LogP contribution in [0.4, 0.5) is 11.4 Å². The number of rotatable bonds is 3. The fraction of sp³-hybridized carbons (Fsp3) is 0.217. The van der Waals surface area contributed by atoms with Crippen molar-refractivity contribution in [2.24, 2.45) is 0 Å².